The minimum Gasteiger partial charge on any atom is -0.371 e. The summed E-state index contributed by atoms with van der Waals surface area (Å²) < 4.78 is 51.2. The van der Waals surface area contributed by atoms with Crippen molar-refractivity contribution >= 4 is 11.6 Å². The van der Waals surface area contributed by atoms with E-state index in [9.17, 15) is 18.0 Å². The number of carbonyl (C=O) groups excluding carboxylic acids is 1. The van der Waals surface area contributed by atoms with Crippen LogP contribution >= 0.6 is 0 Å². The average molecular weight is 595 g/mol. The van der Waals surface area contributed by atoms with Gasteiger partial charge in [-0.2, -0.15) is 13.2 Å². The van der Waals surface area contributed by atoms with Crippen LogP contribution in [0.5, 0.6) is 0 Å². The number of anilines is 1. The molecule has 3 aromatic rings. The number of hydrogen-bond donors (Lipinski definition) is 0. The van der Waals surface area contributed by atoms with Gasteiger partial charge in [0.25, 0.3) is 5.91 Å². The van der Waals surface area contributed by atoms with Gasteiger partial charge in [0, 0.05) is 51.0 Å². The standard InChI is InChI=1S/C32H37F3N6O2/c1-20-12-31(13-20,30-37-36-19-39(30)3)22-5-4-6-23(11-22)41-18-27-26(29(41)42)9-21(10-28(27)32(33,34)35)14-40-16-25(17-40)43-24-7-8-38(2)15-24/h4-6,9-11,19-20,24-25H,7-8,12-18H2,1-3H3/t20?,24-,31?/m1/s1. The Morgan fingerprint density at radius 3 is 2.51 bits per heavy atom. The third-order valence-electron chi connectivity index (χ3n) is 9.71. The van der Waals surface area contributed by atoms with Crippen LogP contribution in [0.1, 0.15) is 64.6 Å². The first kappa shape index (κ1) is 28.5. The number of ether oxygens (including phenoxy) is 1. The topological polar surface area (TPSA) is 66.7 Å². The lowest BCUT2D eigenvalue weighted by Gasteiger charge is -2.46. The molecular weight excluding hydrogens is 557 g/mol. The fourth-order valence-electron chi connectivity index (χ4n) is 7.66. The summed E-state index contributed by atoms with van der Waals surface area (Å²) in [6.07, 6.45) is 0.222. The van der Waals surface area contributed by atoms with E-state index < -0.39 is 17.6 Å². The number of likely N-dealkylation sites (tertiary alicyclic amines) is 2. The summed E-state index contributed by atoms with van der Waals surface area (Å²) in [5.74, 6) is 0.963. The molecule has 0 spiro atoms. The Morgan fingerprint density at radius 2 is 1.86 bits per heavy atom. The molecular formula is C32H37F3N6O2. The summed E-state index contributed by atoms with van der Waals surface area (Å²) >= 11 is 0. The van der Waals surface area contributed by atoms with Gasteiger partial charge in [-0.15, -0.1) is 10.2 Å². The number of halogens is 3. The largest absolute Gasteiger partial charge is 0.416 e. The highest BCUT2D eigenvalue weighted by atomic mass is 19.4. The van der Waals surface area contributed by atoms with Crippen LogP contribution in [0.2, 0.25) is 0 Å². The van der Waals surface area contributed by atoms with Gasteiger partial charge in [0.15, 0.2) is 0 Å². The molecule has 0 bridgehead atoms. The molecule has 228 valence electrons. The van der Waals surface area contributed by atoms with Crippen LogP contribution < -0.4 is 4.90 Å². The molecule has 43 heavy (non-hydrogen) atoms. The van der Waals surface area contributed by atoms with E-state index in [0.717, 1.165) is 43.7 Å². The zero-order chi connectivity index (χ0) is 30.1. The van der Waals surface area contributed by atoms with Crippen molar-refractivity contribution in [3.63, 3.8) is 0 Å². The zero-order valence-corrected chi connectivity index (χ0v) is 24.8. The summed E-state index contributed by atoms with van der Waals surface area (Å²) in [4.78, 5) is 19.5. The Labute approximate surface area is 249 Å². The third-order valence-corrected chi connectivity index (χ3v) is 9.71. The number of aryl methyl sites for hydroxylation is 1. The Morgan fingerprint density at radius 1 is 1.07 bits per heavy atom. The van der Waals surface area contributed by atoms with Crippen LogP contribution in [0, 0.1) is 5.92 Å². The molecule has 0 radical (unpaired) electrons. The van der Waals surface area contributed by atoms with Crippen molar-refractivity contribution in [1.82, 2.24) is 24.6 Å². The average Bonchev–Trinajstić information content (AvgIpc) is 3.63. The highest BCUT2D eigenvalue weighted by Crippen LogP contribution is 2.52. The Bertz CT molecular complexity index is 1540. The second kappa shape index (κ2) is 10.4. The molecule has 0 unspecified atom stereocenters. The quantitative estimate of drug-likeness (QED) is 0.398. The first-order chi connectivity index (χ1) is 20.5. The Balaban J connectivity index is 1.12. The lowest BCUT2D eigenvalue weighted by atomic mass is 9.58. The number of hydrogen-bond acceptors (Lipinski definition) is 6. The minimum atomic E-state index is -4.56. The van der Waals surface area contributed by atoms with E-state index in [2.05, 4.69) is 34.0 Å². The van der Waals surface area contributed by atoms with Crippen molar-refractivity contribution < 1.29 is 22.7 Å². The molecule has 1 saturated carbocycles. The number of carbonyl (C=O) groups is 1. The van der Waals surface area contributed by atoms with Crippen LogP contribution in [-0.4, -0.2) is 75.9 Å². The molecule has 1 aromatic heterocycles. The molecule has 3 fully saturated rings. The number of rotatable bonds is 7. The van der Waals surface area contributed by atoms with Crippen molar-refractivity contribution in [3.8, 4) is 0 Å². The maximum atomic E-state index is 14.4. The maximum Gasteiger partial charge on any atom is 0.416 e. The first-order valence-electron chi connectivity index (χ1n) is 15.1. The van der Waals surface area contributed by atoms with E-state index in [4.69, 9.17) is 4.74 Å². The van der Waals surface area contributed by atoms with Crippen LogP contribution in [0.15, 0.2) is 42.7 Å². The summed E-state index contributed by atoms with van der Waals surface area (Å²) in [5, 5.41) is 8.50. The fourth-order valence-corrected chi connectivity index (χ4v) is 7.66. The van der Waals surface area contributed by atoms with Gasteiger partial charge in [0.1, 0.15) is 12.2 Å². The second-order valence-corrected chi connectivity index (χ2v) is 13.1. The smallest absolute Gasteiger partial charge is 0.371 e. The van der Waals surface area contributed by atoms with Crippen molar-refractivity contribution in [2.75, 3.05) is 38.1 Å². The summed E-state index contributed by atoms with van der Waals surface area (Å²) in [6.45, 7) is 5.72. The number of alkyl halides is 3. The molecule has 1 amide bonds. The molecule has 4 heterocycles. The van der Waals surface area contributed by atoms with E-state index >= 15 is 0 Å². The van der Waals surface area contributed by atoms with E-state index in [1.54, 1.807) is 18.5 Å². The molecule has 1 aliphatic carbocycles. The van der Waals surface area contributed by atoms with Gasteiger partial charge in [-0.05, 0) is 73.2 Å². The molecule has 2 saturated heterocycles. The van der Waals surface area contributed by atoms with Gasteiger partial charge < -0.3 is 19.1 Å². The predicted octanol–water partition coefficient (Wildman–Crippen LogP) is 4.62. The van der Waals surface area contributed by atoms with Gasteiger partial charge in [-0.1, -0.05) is 19.1 Å². The van der Waals surface area contributed by atoms with E-state index in [1.807, 2.05) is 29.8 Å². The van der Waals surface area contributed by atoms with Crippen LogP contribution in [0.25, 0.3) is 0 Å². The fraction of sp³-hybridized carbons (Fsp3) is 0.531. The highest BCUT2D eigenvalue weighted by molar-refractivity contribution is 6.10. The van der Waals surface area contributed by atoms with Crippen molar-refractivity contribution in [2.45, 2.75) is 63.1 Å². The normalized spacial score (nSPS) is 26.6. The molecule has 1 atom stereocenters. The summed E-state index contributed by atoms with van der Waals surface area (Å²) in [7, 11) is 4.00. The van der Waals surface area contributed by atoms with Crippen molar-refractivity contribution in [3.05, 3.63) is 76.4 Å². The van der Waals surface area contributed by atoms with Crippen LogP contribution in [0.4, 0.5) is 18.9 Å². The molecule has 2 aromatic carbocycles. The SMILES string of the molecule is CC1CC(c2cccc(N3Cc4c(cc(CN5CC(O[C@@H]6CCN(C)C6)C5)cc4C(F)(F)F)C3=O)c2)(c2nncn2C)C1. The monoisotopic (exact) mass is 594 g/mol. The van der Waals surface area contributed by atoms with Gasteiger partial charge in [-0.3, -0.25) is 9.69 Å². The minimum absolute atomic E-state index is 0.0436. The summed E-state index contributed by atoms with van der Waals surface area (Å²) in [5.41, 5.74) is 1.21. The Kier molecular flexibility index (Phi) is 6.90. The second-order valence-electron chi connectivity index (χ2n) is 13.1. The van der Waals surface area contributed by atoms with Crippen LogP contribution in [0.3, 0.4) is 0 Å². The number of likely N-dealkylation sites (N-methyl/N-ethyl adjacent to an activating group) is 1. The van der Waals surface area contributed by atoms with Crippen LogP contribution in [-0.2, 0) is 36.5 Å². The van der Waals surface area contributed by atoms with Crippen molar-refractivity contribution in [2.24, 2.45) is 13.0 Å². The molecule has 8 nitrogen and oxygen atoms in total. The van der Waals surface area contributed by atoms with E-state index in [-0.39, 0.29) is 35.3 Å². The molecule has 4 aliphatic rings. The molecule has 11 heteroatoms. The van der Waals surface area contributed by atoms with Crippen molar-refractivity contribution in [1.29, 1.82) is 0 Å². The Hall–Kier alpha value is -3.28. The van der Waals surface area contributed by atoms with Gasteiger partial charge >= 0.3 is 6.18 Å². The number of aromatic nitrogens is 3. The third kappa shape index (κ3) is 5.05. The zero-order valence-electron chi connectivity index (χ0n) is 24.8. The van der Waals surface area contributed by atoms with Gasteiger partial charge in [0.05, 0.1) is 29.7 Å². The number of benzene rings is 2. The lowest BCUT2D eigenvalue weighted by molar-refractivity contribution is -0.138. The van der Waals surface area contributed by atoms with E-state index in [1.165, 1.54) is 11.0 Å². The van der Waals surface area contributed by atoms with E-state index in [0.29, 0.717) is 36.8 Å². The molecule has 0 N–H and O–H groups in total. The first-order valence-corrected chi connectivity index (χ1v) is 15.1. The number of nitrogens with zero attached hydrogens (tertiary/aromatic N) is 6. The number of amides is 1. The van der Waals surface area contributed by atoms with Gasteiger partial charge in [0.2, 0.25) is 0 Å². The molecule has 7 rings (SSSR count). The summed E-state index contributed by atoms with van der Waals surface area (Å²) in [6, 6.07) is 10.5. The highest BCUT2D eigenvalue weighted by Gasteiger charge is 2.48. The van der Waals surface area contributed by atoms with Gasteiger partial charge in [-0.25, -0.2) is 0 Å². The maximum absolute atomic E-state index is 14.4. The lowest BCUT2D eigenvalue weighted by Crippen LogP contribution is -2.52. The predicted molar refractivity (Wildman–Crippen MR) is 155 cm³/mol. The molecule has 3 aliphatic heterocycles. The number of fused-ring (bicyclic) bond motifs is 1.